The number of nitrogens with two attached hydrogens (primary N) is 1. The molecule has 4 nitrogen and oxygen atoms in total. The molecule has 0 heterocycles. The van der Waals surface area contributed by atoms with Crippen molar-refractivity contribution in [2.75, 3.05) is 11.9 Å². The summed E-state index contributed by atoms with van der Waals surface area (Å²) in [6.07, 6.45) is 0.465. The van der Waals surface area contributed by atoms with Gasteiger partial charge in [0.2, 0.25) is 5.91 Å². The molecule has 0 aliphatic carbocycles. The fourth-order valence-corrected chi connectivity index (χ4v) is 1.69. The molecule has 0 spiro atoms. The molecule has 0 saturated carbocycles. The van der Waals surface area contributed by atoms with E-state index in [4.69, 9.17) is 22.7 Å². The Kier molecular flexibility index (Phi) is 6.15. The number of thiocarbonyl (C=S) groups is 1. The Balaban J connectivity index is 2.70. The van der Waals surface area contributed by atoms with E-state index in [0.29, 0.717) is 17.9 Å². The van der Waals surface area contributed by atoms with E-state index in [9.17, 15) is 4.79 Å². The van der Waals surface area contributed by atoms with Crippen molar-refractivity contribution in [3.05, 3.63) is 24.3 Å². The number of rotatable bonds is 6. The average Bonchev–Trinajstić information content (AvgIpc) is 2.36. The number of carbonyl (C=O) groups is 1. The maximum atomic E-state index is 12.1. The molecule has 0 aliphatic rings. The number of carbonyl (C=O) groups excluding carboxylic acids is 1. The van der Waals surface area contributed by atoms with Crippen molar-refractivity contribution in [1.29, 1.82) is 0 Å². The molecule has 5 heteroatoms. The molecule has 1 aromatic carbocycles. The normalized spacial score (nSPS) is 12.6. The maximum absolute atomic E-state index is 12.1. The van der Waals surface area contributed by atoms with Crippen LogP contribution in [-0.4, -0.2) is 17.5 Å². The van der Waals surface area contributed by atoms with E-state index in [1.165, 1.54) is 0 Å². The Bertz CT molecular complexity index is 509. The van der Waals surface area contributed by atoms with Gasteiger partial charge < -0.3 is 15.8 Å². The van der Waals surface area contributed by atoms with Crippen LogP contribution in [0.3, 0.4) is 0 Å². The van der Waals surface area contributed by atoms with Crippen LogP contribution in [0.1, 0.15) is 34.1 Å². The summed E-state index contributed by atoms with van der Waals surface area (Å²) in [5, 5.41) is 2.89. The van der Waals surface area contributed by atoms with Crippen LogP contribution in [0.5, 0.6) is 5.75 Å². The number of hydrogen-bond acceptors (Lipinski definition) is 3. The first-order chi connectivity index (χ1) is 9.70. The van der Waals surface area contributed by atoms with E-state index in [-0.39, 0.29) is 28.8 Å². The number of amides is 1. The van der Waals surface area contributed by atoms with Gasteiger partial charge in [-0.05, 0) is 23.5 Å². The first-order valence-electron chi connectivity index (χ1n) is 7.00. The highest BCUT2D eigenvalue weighted by atomic mass is 32.1. The van der Waals surface area contributed by atoms with Gasteiger partial charge in [-0.15, -0.1) is 0 Å². The third kappa shape index (κ3) is 6.12. The zero-order chi connectivity index (χ0) is 16.0. The zero-order valence-corrected chi connectivity index (χ0v) is 13.9. The van der Waals surface area contributed by atoms with Gasteiger partial charge in [0.05, 0.1) is 5.69 Å². The number of anilines is 1. The van der Waals surface area contributed by atoms with Gasteiger partial charge in [0.15, 0.2) is 0 Å². The molecular weight excluding hydrogens is 284 g/mol. The Morgan fingerprint density at radius 2 is 2.00 bits per heavy atom. The molecule has 21 heavy (non-hydrogen) atoms. The highest BCUT2D eigenvalue weighted by Gasteiger charge is 2.22. The van der Waals surface area contributed by atoms with E-state index < -0.39 is 0 Å². The number of nitrogens with one attached hydrogen (secondary N) is 1. The largest absolute Gasteiger partial charge is 0.484 e. The monoisotopic (exact) mass is 308 g/mol. The smallest absolute Gasteiger partial charge is 0.224 e. The van der Waals surface area contributed by atoms with Crippen molar-refractivity contribution in [2.45, 2.75) is 34.1 Å². The van der Waals surface area contributed by atoms with Crippen molar-refractivity contribution in [3.63, 3.8) is 0 Å². The molecule has 1 aromatic rings. The van der Waals surface area contributed by atoms with Crippen LogP contribution >= 0.6 is 12.2 Å². The minimum absolute atomic E-state index is 0.0243. The van der Waals surface area contributed by atoms with Gasteiger partial charge in [0.25, 0.3) is 0 Å². The minimum Gasteiger partial charge on any atom is -0.484 e. The molecule has 1 rings (SSSR count). The maximum Gasteiger partial charge on any atom is 0.224 e. The van der Waals surface area contributed by atoms with Crippen LogP contribution < -0.4 is 15.8 Å². The molecule has 116 valence electrons. The van der Waals surface area contributed by atoms with Crippen molar-refractivity contribution in [1.82, 2.24) is 0 Å². The third-order valence-electron chi connectivity index (χ3n) is 3.50. The molecule has 1 atom stereocenters. The lowest BCUT2D eigenvalue weighted by molar-refractivity contribution is -0.117. The lowest BCUT2D eigenvalue weighted by Gasteiger charge is -2.26. The van der Waals surface area contributed by atoms with Gasteiger partial charge in [-0.2, -0.15) is 0 Å². The molecule has 1 unspecified atom stereocenters. The summed E-state index contributed by atoms with van der Waals surface area (Å²) < 4.78 is 5.49. The highest BCUT2D eigenvalue weighted by molar-refractivity contribution is 7.80. The van der Waals surface area contributed by atoms with Gasteiger partial charge in [0, 0.05) is 6.42 Å². The van der Waals surface area contributed by atoms with Gasteiger partial charge >= 0.3 is 0 Å². The summed E-state index contributed by atoms with van der Waals surface area (Å²) in [6.45, 7) is 8.62. The average molecular weight is 308 g/mol. The molecule has 3 N–H and O–H groups in total. The summed E-state index contributed by atoms with van der Waals surface area (Å²) >= 11 is 4.79. The molecule has 0 radical (unpaired) electrons. The SMILES string of the molecule is CC(CC(=O)Nc1ccccc1OCC(N)=S)C(C)(C)C. The van der Waals surface area contributed by atoms with Crippen molar-refractivity contribution < 1.29 is 9.53 Å². The molecule has 0 saturated heterocycles. The van der Waals surface area contributed by atoms with E-state index in [0.717, 1.165) is 0 Å². The second kappa shape index (κ2) is 7.41. The van der Waals surface area contributed by atoms with Crippen LogP contribution in [-0.2, 0) is 4.79 Å². The lowest BCUT2D eigenvalue weighted by atomic mass is 9.80. The molecule has 0 aliphatic heterocycles. The van der Waals surface area contributed by atoms with Crippen molar-refractivity contribution in [2.24, 2.45) is 17.1 Å². The van der Waals surface area contributed by atoms with Crippen LogP contribution in [0.2, 0.25) is 0 Å². The number of hydrogen-bond donors (Lipinski definition) is 2. The Hall–Kier alpha value is -1.62. The third-order valence-corrected chi connectivity index (χ3v) is 3.62. The Morgan fingerprint density at radius 1 is 1.38 bits per heavy atom. The lowest BCUT2D eigenvalue weighted by Crippen LogP contribution is -2.24. The summed E-state index contributed by atoms with van der Waals surface area (Å²) in [6, 6.07) is 7.26. The van der Waals surface area contributed by atoms with Crippen molar-refractivity contribution >= 4 is 28.8 Å². The van der Waals surface area contributed by atoms with E-state index in [1.807, 2.05) is 12.1 Å². The van der Waals surface area contributed by atoms with E-state index in [2.05, 4.69) is 33.0 Å². The second-order valence-corrected chi connectivity index (χ2v) is 6.79. The van der Waals surface area contributed by atoms with Crippen LogP contribution in [0.4, 0.5) is 5.69 Å². The highest BCUT2D eigenvalue weighted by Crippen LogP contribution is 2.29. The van der Waals surface area contributed by atoms with Gasteiger partial charge in [-0.1, -0.05) is 52.0 Å². The minimum atomic E-state index is -0.0243. The van der Waals surface area contributed by atoms with Gasteiger partial charge in [0.1, 0.15) is 17.3 Å². The molecule has 0 bridgehead atoms. The summed E-state index contributed by atoms with van der Waals surface area (Å²) in [5.74, 6) is 0.827. The quantitative estimate of drug-likeness (QED) is 0.791. The van der Waals surface area contributed by atoms with Gasteiger partial charge in [-0.25, -0.2) is 0 Å². The zero-order valence-electron chi connectivity index (χ0n) is 13.1. The molecule has 1 amide bonds. The number of para-hydroxylation sites is 2. The molecule has 0 aromatic heterocycles. The van der Waals surface area contributed by atoms with Crippen LogP contribution in [0.25, 0.3) is 0 Å². The first kappa shape index (κ1) is 17.4. The summed E-state index contributed by atoms with van der Waals surface area (Å²) in [7, 11) is 0. The standard InChI is InChI=1S/C16H24N2O2S/c1-11(16(2,3)4)9-15(19)18-12-7-5-6-8-13(12)20-10-14(17)21/h5-8,11H,9-10H2,1-4H3,(H2,17,21)(H,18,19). The fourth-order valence-electron chi connectivity index (χ4n) is 1.63. The Morgan fingerprint density at radius 3 is 2.57 bits per heavy atom. The van der Waals surface area contributed by atoms with Crippen LogP contribution in [0.15, 0.2) is 24.3 Å². The number of benzene rings is 1. The van der Waals surface area contributed by atoms with Gasteiger partial charge in [-0.3, -0.25) is 4.79 Å². The second-order valence-electron chi connectivity index (χ2n) is 6.27. The van der Waals surface area contributed by atoms with Crippen molar-refractivity contribution in [3.8, 4) is 5.75 Å². The first-order valence-corrected chi connectivity index (χ1v) is 7.41. The molecular formula is C16H24N2O2S. The predicted octanol–water partition coefficient (Wildman–Crippen LogP) is 3.36. The number of ether oxygens (including phenoxy) is 1. The van der Waals surface area contributed by atoms with E-state index in [1.54, 1.807) is 12.1 Å². The summed E-state index contributed by atoms with van der Waals surface area (Å²) in [5.41, 5.74) is 6.16. The molecule has 0 fully saturated rings. The topological polar surface area (TPSA) is 64.3 Å². The Labute approximate surface area is 132 Å². The summed E-state index contributed by atoms with van der Waals surface area (Å²) in [4.78, 5) is 12.4. The fraction of sp³-hybridized carbons (Fsp3) is 0.500. The van der Waals surface area contributed by atoms with E-state index >= 15 is 0 Å². The predicted molar refractivity (Wildman–Crippen MR) is 90.6 cm³/mol. The van der Waals surface area contributed by atoms with Crippen LogP contribution in [0, 0.1) is 11.3 Å².